The second-order valence-corrected chi connectivity index (χ2v) is 2.70. The van der Waals surface area contributed by atoms with Crippen LogP contribution in [0.3, 0.4) is 0 Å². The molecule has 54 valence electrons. The van der Waals surface area contributed by atoms with Gasteiger partial charge in [-0.3, -0.25) is 0 Å². The van der Waals surface area contributed by atoms with Gasteiger partial charge in [-0.05, 0) is 12.5 Å². The smallest absolute Gasteiger partial charge is 0.149 e. The van der Waals surface area contributed by atoms with Crippen molar-refractivity contribution in [3.63, 3.8) is 0 Å². The molecule has 10 heavy (non-hydrogen) atoms. The Bertz CT molecular complexity index is 233. The normalized spacial score (nSPS) is 9.90. The molecule has 4 heteroatoms. The minimum atomic E-state index is 0.254. The van der Waals surface area contributed by atoms with Gasteiger partial charge in [-0.25, -0.2) is 4.98 Å². The first-order valence-electron chi connectivity index (χ1n) is 2.69. The van der Waals surface area contributed by atoms with Crippen LogP contribution in [0.2, 0.25) is 10.2 Å². The lowest BCUT2D eigenvalue weighted by Crippen LogP contribution is -1.92. The quantitative estimate of drug-likeness (QED) is 0.617. The van der Waals surface area contributed by atoms with Gasteiger partial charge in [0, 0.05) is 6.20 Å². The van der Waals surface area contributed by atoms with E-state index in [2.05, 4.69) is 4.98 Å². The molecule has 0 atom stereocenters. The van der Waals surface area contributed by atoms with Crippen molar-refractivity contribution in [3.05, 3.63) is 21.9 Å². The van der Waals surface area contributed by atoms with Gasteiger partial charge in [-0.15, -0.1) is 0 Å². The van der Waals surface area contributed by atoms with E-state index in [-0.39, 0.29) is 5.15 Å². The second-order valence-electron chi connectivity index (χ2n) is 1.96. The van der Waals surface area contributed by atoms with Crippen LogP contribution in [-0.4, -0.2) is 4.98 Å². The summed E-state index contributed by atoms with van der Waals surface area (Å²) in [5.41, 5.74) is 6.87. The van der Waals surface area contributed by atoms with Crippen LogP contribution < -0.4 is 5.73 Å². The first kappa shape index (κ1) is 7.63. The van der Waals surface area contributed by atoms with Crippen molar-refractivity contribution in [2.45, 2.75) is 6.92 Å². The number of rotatable bonds is 0. The topological polar surface area (TPSA) is 38.9 Å². The number of hydrogen-bond donors (Lipinski definition) is 1. The first-order valence-corrected chi connectivity index (χ1v) is 3.44. The fraction of sp³-hybridized carbons (Fsp3) is 0.167. The van der Waals surface area contributed by atoms with Crippen LogP contribution >= 0.6 is 23.2 Å². The number of nitrogen functional groups attached to an aromatic ring is 1. The molecule has 0 saturated heterocycles. The lowest BCUT2D eigenvalue weighted by Gasteiger charge is -2.01. The standard InChI is InChI=1S/C6H6Cl2N2/c1-3-2-10-6(8)4(7)5(3)9/h2H,1H3,(H2,9,10). The van der Waals surface area contributed by atoms with Crippen molar-refractivity contribution < 1.29 is 0 Å². The van der Waals surface area contributed by atoms with Gasteiger partial charge >= 0.3 is 0 Å². The van der Waals surface area contributed by atoms with Crippen LogP contribution in [0.5, 0.6) is 0 Å². The van der Waals surface area contributed by atoms with Gasteiger partial charge in [0.2, 0.25) is 0 Å². The minimum absolute atomic E-state index is 0.254. The van der Waals surface area contributed by atoms with E-state index >= 15 is 0 Å². The van der Waals surface area contributed by atoms with E-state index in [1.54, 1.807) is 6.20 Å². The van der Waals surface area contributed by atoms with E-state index < -0.39 is 0 Å². The zero-order chi connectivity index (χ0) is 7.72. The summed E-state index contributed by atoms with van der Waals surface area (Å²) in [7, 11) is 0. The molecule has 0 saturated carbocycles. The number of hydrogen-bond acceptors (Lipinski definition) is 2. The summed E-state index contributed by atoms with van der Waals surface area (Å²) < 4.78 is 0. The highest BCUT2D eigenvalue weighted by Gasteiger charge is 2.04. The average Bonchev–Trinajstić information content (AvgIpc) is 1.93. The monoisotopic (exact) mass is 176 g/mol. The highest BCUT2D eigenvalue weighted by atomic mass is 35.5. The summed E-state index contributed by atoms with van der Waals surface area (Å²) in [6.07, 6.45) is 1.59. The largest absolute Gasteiger partial charge is 0.397 e. The Balaban J connectivity index is 3.34. The fourth-order valence-electron chi connectivity index (χ4n) is 0.564. The molecule has 1 aromatic heterocycles. The maximum atomic E-state index is 5.66. The van der Waals surface area contributed by atoms with Crippen molar-refractivity contribution in [3.8, 4) is 0 Å². The molecule has 0 bridgehead atoms. The van der Waals surface area contributed by atoms with Crippen LogP contribution in [0, 0.1) is 6.92 Å². The third kappa shape index (κ3) is 1.18. The summed E-state index contributed by atoms with van der Waals surface area (Å²) >= 11 is 11.2. The van der Waals surface area contributed by atoms with Crippen LogP contribution in [0.4, 0.5) is 5.69 Å². The van der Waals surface area contributed by atoms with Gasteiger partial charge < -0.3 is 5.73 Å². The Kier molecular flexibility index (Phi) is 2.02. The van der Waals surface area contributed by atoms with Gasteiger partial charge in [-0.2, -0.15) is 0 Å². The van der Waals surface area contributed by atoms with E-state index in [1.807, 2.05) is 6.92 Å². The Morgan fingerprint density at radius 2 is 2.10 bits per heavy atom. The third-order valence-electron chi connectivity index (χ3n) is 1.21. The maximum absolute atomic E-state index is 5.66. The lowest BCUT2D eigenvalue weighted by atomic mass is 10.3. The molecule has 0 radical (unpaired) electrons. The van der Waals surface area contributed by atoms with E-state index in [0.717, 1.165) is 5.56 Å². The Labute approximate surface area is 69.0 Å². The van der Waals surface area contributed by atoms with E-state index in [1.165, 1.54) is 0 Å². The number of nitrogens with zero attached hydrogens (tertiary/aromatic N) is 1. The summed E-state index contributed by atoms with van der Waals surface area (Å²) in [5.74, 6) is 0. The molecule has 2 nitrogen and oxygen atoms in total. The van der Waals surface area contributed by atoms with Gasteiger partial charge in [0.1, 0.15) is 10.2 Å². The molecular weight excluding hydrogens is 171 g/mol. The summed E-state index contributed by atoms with van der Waals surface area (Å²) in [5, 5.41) is 0.589. The van der Waals surface area contributed by atoms with Crippen molar-refractivity contribution in [1.29, 1.82) is 0 Å². The van der Waals surface area contributed by atoms with Crippen LogP contribution in [0.15, 0.2) is 6.20 Å². The van der Waals surface area contributed by atoms with Crippen molar-refractivity contribution in [2.24, 2.45) is 0 Å². The predicted molar refractivity (Wildman–Crippen MR) is 43.4 cm³/mol. The molecule has 0 amide bonds. The third-order valence-corrected chi connectivity index (χ3v) is 1.98. The van der Waals surface area contributed by atoms with Gasteiger partial charge in [-0.1, -0.05) is 23.2 Å². The Hall–Kier alpha value is -0.470. The van der Waals surface area contributed by atoms with Crippen molar-refractivity contribution >= 4 is 28.9 Å². The van der Waals surface area contributed by atoms with Crippen LogP contribution in [0.1, 0.15) is 5.56 Å². The van der Waals surface area contributed by atoms with Crippen molar-refractivity contribution in [1.82, 2.24) is 4.98 Å². The molecule has 0 aliphatic heterocycles. The second kappa shape index (κ2) is 2.64. The molecule has 1 rings (SSSR count). The molecule has 0 aliphatic rings. The first-order chi connectivity index (χ1) is 4.63. The van der Waals surface area contributed by atoms with Crippen LogP contribution in [0.25, 0.3) is 0 Å². The summed E-state index contributed by atoms with van der Waals surface area (Å²) in [4.78, 5) is 3.79. The molecule has 2 N–H and O–H groups in total. The average molecular weight is 177 g/mol. The molecular formula is C6H6Cl2N2. The zero-order valence-corrected chi connectivity index (χ0v) is 6.87. The SMILES string of the molecule is Cc1cnc(Cl)c(Cl)c1N. The van der Waals surface area contributed by atoms with E-state index in [0.29, 0.717) is 10.7 Å². The molecule has 0 spiro atoms. The van der Waals surface area contributed by atoms with E-state index in [9.17, 15) is 0 Å². The molecule has 0 aromatic carbocycles. The molecule has 0 fully saturated rings. The van der Waals surface area contributed by atoms with Gasteiger partial charge in [0.25, 0.3) is 0 Å². The molecule has 1 aromatic rings. The van der Waals surface area contributed by atoms with Crippen molar-refractivity contribution in [2.75, 3.05) is 5.73 Å². The lowest BCUT2D eigenvalue weighted by molar-refractivity contribution is 1.27. The van der Waals surface area contributed by atoms with Gasteiger partial charge in [0.05, 0.1) is 5.69 Å². The highest BCUT2D eigenvalue weighted by Crippen LogP contribution is 2.27. The number of anilines is 1. The number of nitrogens with two attached hydrogens (primary N) is 1. The number of aromatic nitrogens is 1. The van der Waals surface area contributed by atoms with Crippen LogP contribution in [-0.2, 0) is 0 Å². The Morgan fingerprint density at radius 3 is 2.60 bits per heavy atom. The minimum Gasteiger partial charge on any atom is -0.397 e. The predicted octanol–water partition coefficient (Wildman–Crippen LogP) is 2.28. The zero-order valence-electron chi connectivity index (χ0n) is 5.36. The summed E-state index contributed by atoms with van der Waals surface area (Å²) in [6.45, 7) is 1.82. The Morgan fingerprint density at radius 1 is 1.50 bits per heavy atom. The number of halogens is 2. The molecule has 0 unspecified atom stereocenters. The molecule has 0 aliphatic carbocycles. The number of pyridine rings is 1. The van der Waals surface area contributed by atoms with E-state index in [4.69, 9.17) is 28.9 Å². The fourth-order valence-corrected chi connectivity index (χ4v) is 0.912. The maximum Gasteiger partial charge on any atom is 0.149 e. The highest BCUT2D eigenvalue weighted by molar-refractivity contribution is 6.42. The van der Waals surface area contributed by atoms with Gasteiger partial charge in [0.15, 0.2) is 0 Å². The molecule has 1 heterocycles. The number of aryl methyl sites for hydroxylation is 1. The summed E-state index contributed by atoms with van der Waals surface area (Å²) in [6, 6.07) is 0.